The lowest BCUT2D eigenvalue weighted by Gasteiger charge is -2.38. The minimum Gasteiger partial charge on any atom is -0.278 e. The molecule has 23 heavy (non-hydrogen) atoms. The third-order valence-electron chi connectivity index (χ3n) is 7.23. The molecule has 0 amide bonds. The normalized spacial score (nSPS) is 43.9. The molecule has 0 spiro atoms. The average Bonchev–Trinajstić information content (AvgIpc) is 3.11. The van der Waals surface area contributed by atoms with Gasteiger partial charge in [0.2, 0.25) is 0 Å². The quantitative estimate of drug-likeness (QED) is 0.606. The van der Waals surface area contributed by atoms with Gasteiger partial charge in [0.1, 0.15) is 0 Å². The summed E-state index contributed by atoms with van der Waals surface area (Å²) in [5.41, 5.74) is 4.87. The summed E-state index contributed by atoms with van der Waals surface area (Å²) in [7, 11) is 0. The molecule has 0 radical (unpaired) electrons. The van der Waals surface area contributed by atoms with E-state index in [4.69, 9.17) is 0 Å². The first kappa shape index (κ1) is 13.1. The zero-order valence-corrected chi connectivity index (χ0v) is 13.8. The first-order valence-corrected chi connectivity index (χ1v) is 9.79. The number of hydrogen-bond donors (Lipinski definition) is 0. The maximum atomic E-state index is 2.81. The summed E-state index contributed by atoms with van der Waals surface area (Å²) in [6, 6.07) is 1.46. The van der Waals surface area contributed by atoms with E-state index < -0.39 is 0 Å². The Balaban J connectivity index is 1.50. The van der Waals surface area contributed by atoms with Gasteiger partial charge in [-0.3, -0.25) is 5.01 Å². The maximum absolute atomic E-state index is 2.81. The molecular formula is C21H26N2. The second-order valence-electron chi connectivity index (χ2n) is 8.31. The van der Waals surface area contributed by atoms with E-state index in [-0.39, 0.29) is 0 Å². The molecule has 2 nitrogen and oxygen atoms in total. The van der Waals surface area contributed by atoms with Gasteiger partial charge in [0.15, 0.2) is 0 Å². The van der Waals surface area contributed by atoms with E-state index in [0.717, 1.165) is 17.9 Å². The molecule has 0 aromatic carbocycles. The van der Waals surface area contributed by atoms with Crippen LogP contribution in [0.1, 0.15) is 51.4 Å². The van der Waals surface area contributed by atoms with Crippen molar-refractivity contribution in [3.63, 3.8) is 0 Å². The van der Waals surface area contributed by atoms with Crippen molar-refractivity contribution in [3.8, 4) is 0 Å². The molecular weight excluding hydrogens is 280 g/mol. The largest absolute Gasteiger partial charge is 0.278 e. The summed E-state index contributed by atoms with van der Waals surface area (Å²) in [5.74, 6) is 2.41. The topological polar surface area (TPSA) is 6.48 Å². The first-order valence-electron chi connectivity index (χ1n) is 9.79. The lowest BCUT2D eigenvalue weighted by atomic mass is 9.70. The maximum Gasteiger partial charge on any atom is 0.0582 e. The highest BCUT2D eigenvalue weighted by Gasteiger charge is 2.56. The zero-order chi connectivity index (χ0) is 15.0. The van der Waals surface area contributed by atoms with Crippen molar-refractivity contribution in [2.45, 2.75) is 63.5 Å². The van der Waals surface area contributed by atoms with Crippen LogP contribution in [0.2, 0.25) is 0 Å². The van der Waals surface area contributed by atoms with Gasteiger partial charge < -0.3 is 0 Å². The molecule has 0 saturated carbocycles. The van der Waals surface area contributed by atoms with Crippen LogP contribution in [0.5, 0.6) is 0 Å². The Morgan fingerprint density at radius 1 is 1.00 bits per heavy atom. The fraction of sp³-hybridized carbons (Fsp3) is 0.619. The summed E-state index contributed by atoms with van der Waals surface area (Å²) in [5, 5.41) is 5.49. The van der Waals surface area contributed by atoms with E-state index in [1.54, 1.807) is 17.0 Å². The molecule has 120 valence electrons. The minimum absolute atomic E-state index is 0.685. The van der Waals surface area contributed by atoms with Gasteiger partial charge in [-0.15, -0.1) is 0 Å². The Bertz CT molecular complexity index is 667. The van der Waals surface area contributed by atoms with Gasteiger partial charge in [0.05, 0.1) is 11.7 Å². The molecule has 3 aliphatic heterocycles. The van der Waals surface area contributed by atoms with Crippen molar-refractivity contribution >= 4 is 0 Å². The summed E-state index contributed by atoms with van der Waals surface area (Å²) < 4.78 is 0. The molecule has 0 bridgehead atoms. The minimum atomic E-state index is 0.685. The highest BCUT2D eigenvalue weighted by atomic mass is 15.7. The summed E-state index contributed by atoms with van der Waals surface area (Å²) in [6.07, 6.45) is 23.4. The third kappa shape index (κ3) is 1.63. The Kier molecular flexibility index (Phi) is 2.63. The van der Waals surface area contributed by atoms with Crippen LogP contribution in [0.4, 0.5) is 0 Å². The third-order valence-corrected chi connectivity index (χ3v) is 7.23. The van der Waals surface area contributed by atoms with Crippen molar-refractivity contribution in [2.24, 2.45) is 17.8 Å². The number of hydrogen-bond acceptors (Lipinski definition) is 2. The molecule has 0 N–H and O–H groups in total. The second kappa shape index (κ2) is 4.63. The van der Waals surface area contributed by atoms with Gasteiger partial charge in [-0.25, -0.2) is 5.01 Å². The number of rotatable bonds is 0. The Morgan fingerprint density at radius 2 is 1.96 bits per heavy atom. The number of fused-ring (bicyclic) bond motifs is 7. The van der Waals surface area contributed by atoms with Crippen molar-refractivity contribution < 1.29 is 0 Å². The SMILES string of the molecule is C1=CC2C=C3C(CC2CC1)C1CCCC2C4=CCCC=C4N3N21. The average molecular weight is 306 g/mol. The van der Waals surface area contributed by atoms with Crippen LogP contribution in [-0.4, -0.2) is 22.1 Å². The van der Waals surface area contributed by atoms with Crippen molar-refractivity contribution in [2.75, 3.05) is 0 Å². The van der Waals surface area contributed by atoms with E-state index in [1.165, 1.54) is 51.4 Å². The second-order valence-corrected chi connectivity index (χ2v) is 8.31. The molecule has 6 aliphatic rings. The number of nitrogens with zero attached hydrogens (tertiary/aromatic N) is 2. The van der Waals surface area contributed by atoms with Crippen LogP contribution < -0.4 is 0 Å². The number of hydrazine groups is 1. The van der Waals surface area contributed by atoms with Crippen LogP contribution in [-0.2, 0) is 0 Å². The molecule has 0 aromatic rings. The van der Waals surface area contributed by atoms with Crippen LogP contribution in [0.15, 0.2) is 47.3 Å². The molecule has 5 unspecified atom stereocenters. The van der Waals surface area contributed by atoms with Gasteiger partial charge in [0.25, 0.3) is 0 Å². The molecule has 3 fully saturated rings. The van der Waals surface area contributed by atoms with Gasteiger partial charge in [-0.1, -0.05) is 30.4 Å². The summed E-state index contributed by atoms with van der Waals surface area (Å²) in [4.78, 5) is 0. The van der Waals surface area contributed by atoms with E-state index in [0.29, 0.717) is 12.0 Å². The lowest BCUT2D eigenvalue weighted by molar-refractivity contribution is 0.0136. The Hall–Kier alpha value is -1.28. The van der Waals surface area contributed by atoms with E-state index in [1.807, 2.05) is 0 Å². The highest BCUT2D eigenvalue weighted by Crippen LogP contribution is 2.56. The van der Waals surface area contributed by atoms with Gasteiger partial charge in [-0.2, -0.15) is 0 Å². The van der Waals surface area contributed by atoms with Crippen LogP contribution in [0.25, 0.3) is 0 Å². The smallest absolute Gasteiger partial charge is 0.0582 e. The standard InChI is InChI=1S/C21H26N2/c1-2-7-15-13-21-17(12-14(15)6-1)20-11-5-10-19-16-8-3-4-9-18(16)23(21)22(19)20/h2,7-9,13-15,17,19-20H,1,3-6,10-12H2. The van der Waals surface area contributed by atoms with E-state index in [2.05, 4.69) is 40.4 Å². The molecule has 6 rings (SSSR count). The molecule has 2 heteroatoms. The predicted molar refractivity (Wildman–Crippen MR) is 92.0 cm³/mol. The highest BCUT2D eigenvalue weighted by molar-refractivity contribution is 5.46. The Labute approximate surface area is 139 Å². The molecule has 5 atom stereocenters. The van der Waals surface area contributed by atoms with Gasteiger partial charge in [0, 0.05) is 17.7 Å². The van der Waals surface area contributed by atoms with Crippen molar-refractivity contribution in [3.05, 3.63) is 47.3 Å². The van der Waals surface area contributed by atoms with E-state index >= 15 is 0 Å². The van der Waals surface area contributed by atoms with E-state index in [9.17, 15) is 0 Å². The van der Waals surface area contributed by atoms with Crippen LogP contribution >= 0.6 is 0 Å². The lowest BCUT2D eigenvalue weighted by Crippen LogP contribution is -2.45. The monoisotopic (exact) mass is 306 g/mol. The fourth-order valence-corrected chi connectivity index (χ4v) is 6.31. The molecule has 3 saturated heterocycles. The van der Waals surface area contributed by atoms with Crippen molar-refractivity contribution in [1.82, 2.24) is 10.0 Å². The Morgan fingerprint density at radius 3 is 2.96 bits per heavy atom. The zero-order valence-electron chi connectivity index (χ0n) is 13.8. The molecule has 3 aliphatic carbocycles. The first-order chi connectivity index (χ1) is 11.4. The van der Waals surface area contributed by atoms with Crippen LogP contribution in [0.3, 0.4) is 0 Å². The molecule has 3 heterocycles. The van der Waals surface area contributed by atoms with Crippen molar-refractivity contribution in [1.29, 1.82) is 0 Å². The number of piperidine rings is 1. The summed E-state index contributed by atoms with van der Waals surface area (Å²) >= 11 is 0. The predicted octanol–water partition coefficient (Wildman–Crippen LogP) is 4.54. The van der Waals surface area contributed by atoms with Gasteiger partial charge >= 0.3 is 0 Å². The van der Waals surface area contributed by atoms with Crippen LogP contribution in [0, 0.1) is 17.8 Å². The summed E-state index contributed by atoms with van der Waals surface area (Å²) in [6.45, 7) is 0. The fourth-order valence-electron chi connectivity index (χ4n) is 6.31. The number of allylic oxidation sites excluding steroid dienone is 5. The molecule has 0 aromatic heterocycles. The van der Waals surface area contributed by atoms with Gasteiger partial charge in [-0.05, 0) is 68.8 Å².